The van der Waals surface area contributed by atoms with Gasteiger partial charge in [0.1, 0.15) is 5.82 Å². The summed E-state index contributed by atoms with van der Waals surface area (Å²) in [6.07, 6.45) is 3.35. The van der Waals surface area contributed by atoms with E-state index in [1.807, 2.05) is 39.8 Å². The molecule has 3 heteroatoms. The van der Waals surface area contributed by atoms with Crippen molar-refractivity contribution in [3.05, 3.63) is 52.6 Å². The highest BCUT2D eigenvalue weighted by molar-refractivity contribution is 5.99. The summed E-state index contributed by atoms with van der Waals surface area (Å²) in [6, 6.07) is 4.07. The topological polar surface area (TPSA) is 34.9 Å². The van der Waals surface area contributed by atoms with Gasteiger partial charge in [0.2, 0.25) is 0 Å². The third-order valence-corrected chi connectivity index (χ3v) is 2.94. The third-order valence-electron chi connectivity index (χ3n) is 2.94. The van der Waals surface area contributed by atoms with Crippen molar-refractivity contribution in [1.29, 1.82) is 0 Å². The van der Waals surface area contributed by atoms with E-state index in [9.17, 15) is 4.79 Å². The van der Waals surface area contributed by atoms with Gasteiger partial charge in [-0.1, -0.05) is 17.7 Å². The molecule has 0 aliphatic carbocycles. The predicted octanol–water partition coefficient (Wildman–Crippen LogP) is 2.81. The predicted molar refractivity (Wildman–Crippen MR) is 67.3 cm³/mol. The van der Waals surface area contributed by atoms with Gasteiger partial charge >= 0.3 is 0 Å². The molecular weight excluding hydrogens is 212 g/mol. The molecular formula is C14H16N2O. The number of hydrogen-bond donors (Lipinski definition) is 0. The highest BCUT2D eigenvalue weighted by Gasteiger charge is 2.15. The minimum atomic E-state index is -0.00463. The maximum Gasteiger partial charge on any atom is 0.263 e. The van der Waals surface area contributed by atoms with Gasteiger partial charge < -0.3 is 0 Å². The lowest BCUT2D eigenvalue weighted by molar-refractivity contribution is 0.0956. The van der Waals surface area contributed by atoms with Gasteiger partial charge in [0, 0.05) is 18.0 Å². The van der Waals surface area contributed by atoms with Crippen molar-refractivity contribution in [1.82, 2.24) is 9.55 Å². The zero-order valence-corrected chi connectivity index (χ0v) is 10.6. The standard InChI is InChI=1S/C14H16N2O/c1-9-7-10(2)13(11(3)8-9)14(17)16-6-5-15-12(16)4/h5-8H,1-4H3. The minimum absolute atomic E-state index is 0.00463. The van der Waals surface area contributed by atoms with Crippen molar-refractivity contribution in [3.8, 4) is 0 Å². The molecule has 17 heavy (non-hydrogen) atoms. The molecule has 1 aromatic heterocycles. The summed E-state index contributed by atoms with van der Waals surface area (Å²) in [5, 5.41) is 0. The smallest absolute Gasteiger partial charge is 0.263 e. The number of aromatic nitrogens is 2. The van der Waals surface area contributed by atoms with Crippen LogP contribution >= 0.6 is 0 Å². The molecule has 0 saturated heterocycles. The quantitative estimate of drug-likeness (QED) is 0.752. The highest BCUT2D eigenvalue weighted by Crippen LogP contribution is 2.18. The molecule has 0 bridgehead atoms. The van der Waals surface area contributed by atoms with Gasteiger partial charge in [-0.15, -0.1) is 0 Å². The monoisotopic (exact) mass is 228 g/mol. The summed E-state index contributed by atoms with van der Waals surface area (Å²) in [5.41, 5.74) is 3.98. The lowest BCUT2D eigenvalue weighted by Crippen LogP contribution is -2.15. The fraction of sp³-hybridized carbons (Fsp3) is 0.286. The average molecular weight is 228 g/mol. The molecule has 1 aromatic carbocycles. The Bertz CT molecular complexity index is 559. The van der Waals surface area contributed by atoms with E-state index in [0.29, 0.717) is 0 Å². The second kappa shape index (κ2) is 4.17. The molecule has 2 aromatic rings. The Balaban J connectivity index is 2.56. The van der Waals surface area contributed by atoms with Crippen LogP contribution in [0.2, 0.25) is 0 Å². The molecule has 0 atom stereocenters. The molecule has 0 saturated carbocycles. The number of imidazole rings is 1. The van der Waals surface area contributed by atoms with E-state index >= 15 is 0 Å². The zero-order chi connectivity index (χ0) is 12.6. The van der Waals surface area contributed by atoms with Gasteiger partial charge in [-0.2, -0.15) is 0 Å². The van der Waals surface area contributed by atoms with Gasteiger partial charge in [-0.05, 0) is 38.8 Å². The summed E-state index contributed by atoms with van der Waals surface area (Å²) in [5.74, 6) is 0.712. The Labute approximate surface area is 101 Å². The molecule has 2 rings (SSSR count). The molecule has 0 radical (unpaired) electrons. The van der Waals surface area contributed by atoms with Crippen molar-refractivity contribution < 1.29 is 4.79 Å². The lowest BCUT2D eigenvalue weighted by Gasteiger charge is -2.11. The van der Waals surface area contributed by atoms with Gasteiger partial charge in [0.25, 0.3) is 5.91 Å². The van der Waals surface area contributed by atoms with E-state index in [-0.39, 0.29) is 5.91 Å². The van der Waals surface area contributed by atoms with E-state index in [4.69, 9.17) is 0 Å². The third kappa shape index (κ3) is 2.00. The summed E-state index contributed by atoms with van der Waals surface area (Å²) in [6.45, 7) is 7.81. The molecule has 1 heterocycles. The van der Waals surface area contributed by atoms with Crippen LogP contribution in [0.3, 0.4) is 0 Å². The number of benzene rings is 1. The Morgan fingerprint density at radius 2 is 1.71 bits per heavy atom. The van der Waals surface area contributed by atoms with Crippen LogP contribution in [0.25, 0.3) is 0 Å². The number of hydrogen-bond acceptors (Lipinski definition) is 2. The second-order valence-electron chi connectivity index (χ2n) is 4.42. The first kappa shape index (κ1) is 11.6. The highest BCUT2D eigenvalue weighted by atomic mass is 16.2. The van der Waals surface area contributed by atoms with Crippen LogP contribution in [-0.2, 0) is 0 Å². The van der Waals surface area contributed by atoms with Gasteiger partial charge in [0.15, 0.2) is 0 Å². The largest absolute Gasteiger partial charge is 0.270 e. The fourth-order valence-electron chi connectivity index (χ4n) is 2.23. The number of carbonyl (C=O) groups excluding carboxylic acids is 1. The van der Waals surface area contributed by atoms with Crippen LogP contribution in [0.1, 0.15) is 32.9 Å². The summed E-state index contributed by atoms with van der Waals surface area (Å²) >= 11 is 0. The SMILES string of the molecule is Cc1cc(C)c(C(=O)n2ccnc2C)c(C)c1. The van der Waals surface area contributed by atoms with Crippen molar-refractivity contribution in [3.63, 3.8) is 0 Å². The van der Waals surface area contributed by atoms with Crippen molar-refractivity contribution >= 4 is 5.91 Å². The Kier molecular flexibility index (Phi) is 2.84. The van der Waals surface area contributed by atoms with E-state index in [2.05, 4.69) is 4.98 Å². The minimum Gasteiger partial charge on any atom is -0.270 e. The van der Waals surface area contributed by atoms with Crippen LogP contribution < -0.4 is 0 Å². The normalized spacial score (nSPS) is 10.6. The maximum absolute atomic E-state index is 12.4. The van der Waals surface area contributed by atoms with Crippen molar-refractivity contribution in [2.75, 3.05) is 0 Å². The molecule has 3 nitrogen and oxygen atoms in total. The second-order valence-corrected chi connectivity index (χ2v) is 4.42. The lowest BCUT2D eigenvalue weighted by atomic mass is 9.99. The molecule has 0 aliphatic rings. The zero-order valence-electron chi connectivity index (χ0n) is 10.6. The molecule has 0 aliphatic heterocycles. The molecule has 0 unspecified atom stereocenters. The molecule has 0 fully saturated rings. The van der Waals surface area contributed by atoms with Gasteiger partial charge in [-0.25, -0.2) is 4.98 Å². The summed E-state index contributed by atoms with van der Waals surface area (Å²) < 4.78 is 1.59. The van der Waals surface area contributed by atoms with Crippen LogP contribution in [0.15, 0.2) is 24.5 Å². The summed E-state index contributed by atoms with van der Waals surface area (Å²) in [7, 11) is 0. The van der Waals surface area contributed by atoms with Gasteiger partial charge in [-0.3, -0.25) is 9.36 Å². The number of carbonyl (C=O) groups is 1. The maximum atomic E-state index is 12.4. The number of nitrogens with zero attached hydrogens (tertiary/aromatic N) is 2. The first-order valence-electron chi connectivity index (χ1n) is 5.63. The molecule has 0 amide bonds. The average Bonchev–Trinajstić information content (AvgIpc) is 2.62. The first-order valence-corrected chi connectivity index (χ1v) is 5.63. The molecule has 0 N–H and O–H groups in total. The number of aryl methyl sites for hydroxylation is 4. The molecule has 88 valence electrons. The van der Waals surface area contributed by atoms with Crippen LogP contribution in [0, 0.1) is 27.7 Å². The van der Waals surface area contributed by atoms with Crippen LogP contribution in [0.4, 0.5) is 0 Å². The number of rotatable bonds is 1. The van der Waals surface area contributed by atoms with E-state index < -0.39 is 0 Å². The van der Waals surface area contributed by atoms with E-state index in [0.717, 1.165) is 22.5 Å². The van der Waals surface area contributed by atoms with Gasteiger partial charge in [0.05, 0.1) is 0 Å². The van der Waals surface area contributed by atoms with Crippen molar-refractivity contribution in [2.24, 2.45) is 0 Å². The Hall–Kier alpha value is -1.90. The Morgan fingerprint density at radius 1 is 1.12 bits per heavy atom. The van der Waals surface area contributed by atoms with Crippen molar-refractivity contribution in [2.45, 2.75) is 27.7 Å². The van der Waals surface area contributed by atoms with E-state index in [1.165, 1.54) is 5.56 Å². The van der Waals surface area contributed by atoms with Crippen LogP contribution in [-0.4, -0.2) is 15.5 Å². The fourth-order valence-corrected chi connectivity index (χ4v) is 2.23. The summed E-state index contributed by atoms with van der Waals surface area (Å²) in [4.78, 5) is 16.5. The van der Waals surface area contributed by atoms with Crippen LogP contribution in [0.5, 0.6) is 0 Å². The van der Waals surface area contributed by atoms with E-state index in [1.54, 1.807) is 17.0 Å². The molecule has 0 spiro atoms. The Morgan fingerprint density at radius 3 is 2.18 bits per heavy atom. The first-order chi connectivity index (χ1) is 8.00.